The average molecular weight is 294 g/mol. The van der Waals surface area contributed by atoms with Crippen LogP contribution in [0.15, 0.2) is 18.2 Å². The first-order valence-electron chi connectivity index (χ1n) is 6.11. The summed E-state index contributed by atoms with van der Waals surface area (Å²) in [6.07, 6.45) is 1.18. The van der Waals surface area contributed by atoms with E-state index >= 15 is 0 Å². The molecule has 0 spiro atoms. The maximum absolute atomic E-state index is 12.2. The molecule has 0 aliphatic heterocycles. The van der Waals surface area contributed by atoms with Crippen LogP contribution in [-0.4, -0.2) is 24.4 Å². The molecule has 0 fully saturated rings. The molecule has 0 aromatic heterocycles. The van der Waals surface area contributed by atoms with Crippen molar-refractivity contribution in [2.24, 2.45) is 0 Å². The van der Waals surface area contributed by atoms with Crippen LogP contribution >= 0.6 is 11.6 Å². The van der Waals surface area contributed by atoms with Gasteiger partial charge >= 0.3 is 6.61 Å². The highest BCUT2D eigenvalue weighted by Crippen LogP contribution is 2.24. The van der Waals surface area contributed by atoms with Crippen LogP contribution in [0.1, 0.15) is 25.3 Å². The lowest BCUT2D eigenvalue weighted by atomic mass is 10.2. The number of nitrogens with one attached hydrogen (secondary N) is 1. The highest BCUT2D eigenvalue weighted by Gasteiger charge is 2.10. The van der Waals surface area contributed by atoms with Crippen LogP contribution in [0.5, 0.6) is 5.75 Å². The summed E-state index contributed by atoms with van der Waals surface area (Å²) >= 11 is 5.83. The molecule has 19 heavy (non-hydrogen) atoms. The van der Waals surface area contributed by atoms with Gasteiger partial charge in [-0.05, 0) is 44.5 Å². The largest absolute Gasteiger partial charge is 0.434 e. The summed E-state index contributed by atoms with van der Waals surface area (Å²) in [6, 6.07) is 4.54. The van der Waals surface area contributed by atoms with E-state index < -0.39 is 6.61 Å². The number of alkyl halides is 2. The number of aliphatic hydroxyl groups excluding tert-OH is 1. The monoisotopic (exact) mass is 293 g/mol. The second-order valence-electron chi connectivity index (χ2n) is 4.30. The first kappa shape index (κ1) is 16.1. The van der Waals surface area contributed by atoms with Gasteiger partial charge in [0.1, 0.15) is 5.75 Å². The number of ether oxygens (including phenoxy) is 1. The van der Waals surface area contributed by atoms with Crippen molar-refractivity contribution in [1.82, 2.24) is 5.32 Å². The number of benzene rings is 1. The van der Waals surface area contributed by atoms with Crippen molar-refractivity contribution >= 4 is 11.6 Å². The van der Waals surface area contributed by atoms with Gasteiger partial charge in [-0.25, -0.2) is 0 Å². The average Bonchev–Trinajstić information content (AvgIpc) is 2.31. The molecule has 0 aliphatic rings. The third-order valence-electron chi connectivity index (χ3n) is 2.53. The Hall–Kier alpha value is -0.910. The van der Waals surface area contributed by atoms with E-state index in [1.54, 1.807) is 13.0 Å². The van der Waals surface area contributed by atoms with Gasteiger partial charge in [-0.1, -0.05) is 11.6 Å². The van der Waals surface area contributed by atoms with Gasteiger partial charge in [-0.2, -0.15) is 8.78 Å². The first-order valence-corrected chi connectivity index (χ1v) is 6.49. The molecular formula is C13H18ClF2NO2. The van der Waals surface area contributed by atoms with Crippen LogP contribution < -0.4 is 10.1 Å². The second kappa shape index (κ2) is 8.30. The predicted octanol–water partition coefficient (Wildman–Crippen LogP) is 3.19. The van der Waals surface area contributed by atoms with Gasteiger partial charge in [0.15, 0.2) is 0 Å². The number of hydrogen-bond donors (Lipinski definition) is 2. The van der Waals surface area contributed by atoms with E-state index in [0.717, 1.165) is 6.42 Å². The van der Waals surface area contributed by atoms with Crippen molar-refractivity contribution in [2.45, 2.75) is 39.0 Å². The van der Waals surface area contributed by atoms with Crippen molar-refractivity contribution in [3.63, 3.8) is 0 Å². The Morgan fingerprint density at radius 3 is 2.79 bits per heavy atom. The molecule has 0 saturated heterocycles. The summed E-state index contributed by atoms with van der Waals surface area (Å²) in [6.45, 7) is -0.0466. The highest BCUT2D eigenvalue weighted by atomic mass is 35.5. The molecule has 1 unspecified atom stereocenters. The fourth-order valence-corrected chi connectivity index (χ4v) is 1.84. The van der Waals surface area contributed by atoms with Crippen LogP contribution in [0.3, 0.4) is 0 Å². The summed E-state index contributed by atoms with van der Waals surface area (Å²) in [5, 5.41) is 12.7. The minimum absolute atomic E-state index is 0.127. The fraction of sp³-hybridized carbons (Fsp3) is 0.538. The summed E-state index contributed by atoms with van der Waals surface area (Å²) in [5.74, 6) is 0.127. The second-order valence-corrected chi connectivity index (χ2v) is 4.74. The Kier molecular flexibility index (Phi) is 7.05. The molecular weight excluding hydrogens is 276 g/mol. The van der Waals surface area contributed by atoms with Gasteiger partial charge in [0, 0.05) is 17.1 Å². The third kappa shape index (κ3) is 6.71. The van der Waals surface area contributed by atoms with Crippen LogP contribution in [0, 0.1) is 0 Å². The van der Waals surface area contributed by atoms with Gasteiger partial charge in [0.2, 0.25) is 0 Å². The van der Waals surface area contributed by atoms with E-state index in [9.17, 15) is 8.78 Å². The van der Waals surface area contributed by atoms with Crippen molar-refractivity contribution in [3.05, 3.63) is 28.8 Å². The van der Waals surface area contributed by atoms with Gasteiger partial charge < -0.3 is 15.2 Å². The SMILES string of the molecule is CC(O)CCCNCc1cc(Cl)ccc1OC(F)F. The van der Waals surface area contributed by atoms with E-state index in [-0.39, 0.29) is 11.9 Å². The molecule has 0 aliphatic carbocycles. The van der Waals surface area contributed by atoms with Crippen LogP contribution in [0.25, 0.3) is 0 Å². The zero-order valence-electron chi connectivity index (χ0n) is 10.7. The van der Waals surface area contributed by atoms with E-state index in [4.69, 9.17) is 16.7 Å². The lowest BCUT2D eigenvalue weighted by molar-refractivity contribution is -0.0505. The number of rotatable bonds is 8. The molecule has 108 valence electrons. The normalized spacial score (nSPS) is 12.7. The minimum atomic E-state index is -2.85. The van der Waals surface area contributed by atoms with Crippen LogP contribution in [0.2, 0.25) is 5.02 Å². The van der Waals surface area contributed by atoms with Crippen LogP contribution in [0.4, 0.5) is 8.78 Å². The van der Waals surface area contributed by atoms with E-state index in [0.29, 0.717) is 30.1 Å². The third-order valence-corrected chi connectivity index (χ3v) is 2.76. The molecule has 1 atom stereocenters. The Morgan fingerprint density at radius 2 is 2.16 bits per heavy atom. The van der Waals surface area contributed by atoms with E-state index in [1.807, 2.05) is 0 Å². The topological polar surface area (TPSA) is 41.5 Å². The Labute approximate surface area is 116 Å². The molecule has 0 amide bonds. The molecule has 1 rings (SSSR count). The predicted molar refractivity (Wildman–Crippen MR) is 70.7 cm³/mol. The minimum Gasteiger partial charge on any atom is -0.434 e. The quantitative estimate of drug-likeness (QED) is 0.723. The smallest absolute Gasteiger partial charge is 0.387 e. The Morgan fingerprint density at radius 1 is 1.42 bits per heavy atom. The number of aliphatic hydroxyl groups is 1. The Bertz CT molecular complexity index is 389. The standard InChI is InChI=1S/C13H18ClF2NO2/c1-9(18)3-2-6-17-8-10-7-11(14)4-5-12(10)19-13(15)16/h4-5,7,9,13,17-18H,2-3,6,8H2,1H3. The molecule has 0 heterocycles. The van der Waals surface area contributed by atoms with Gasteiger partial charge in [0.25, 0.3) is 0 Å². The van der Waals surface area contributed by atoms with Crippen molar-refractivity contribution in [2.75, 3.05) is 6.54 Å². The zero-order valence-corrected chi connectivity index (χ0v) is 11.5. The van der Waals surface area contributed by atoms with Gasteiger partial charge in [-0.15, -0.1) is 0 Å². The summed E-state index contributed by atoms with van der Waals surface area (Å²) in [7, 11) is 0. The van der Waals surface area contributed by atoms with Crippen molar-refractivity contribution in [1.29, 1.82) is 0 Å². The molecule has 6 heteroatoms. The first-order chi connectivity index (χ1) is 8.99. The molecule has 1 aromatic rings. The fourth-order valence-electron chi connectivity index (χ4n) is 1.64. The zero-order chi connectivity index (χ0) is 14.3. The number of halogens is 3. The highest BCUT2D eigenvalue weighted by molar-refractivity contribution is 6.30. The molecule has 1 aromatic carbocycles. The van der Waals surface area contributed by atoms with Crippen LogP contribution in [-0.2, 0) is 6.54 Å². The number of hydrogen-bond acceptors (Lipinski definition) is 3. The lowest BCUT2D eigenvalue weighted by Crippen LogP contribution is -2.17. The van der Waals surface area contributed by atoms with E-state index in [1.165, 1.54) is 12.1 Å². The maximum Gasteiger partial charge on any atom is 0.387 e. The molecule has 0 saturated carbocycles. The van der Waals surface area contributed by atoms with Gasteiger partial charge in [-0.3, -0.25) is 0 Å². The Balaban J connectivity index is 2.48. The maximum atomic E-state index is 12.2. The lowest BCUT2D eigenvalue weighted by Gasteiger charge is -2.12. The molecule has 0 radical (unpaired) electrons. The van der Waals surface area contributed by atoms with Gasteiger partial charge in [0.05, 0.1) is 6.10 Å². The molecule has 2 N–H and O–H groups in total. The molecule has 0 bridgehead atoms. The van der Waals surface area contributed by atoms with Crippen molar-refractivity contribution in [3.8, 4) is 5.75 Å². The summed E-state index contributed by atoms with van der Waals surface area (Å²) in [5.41, 5.74) is 0.588. The van der Waals surface area contributed by atoms with Crippen molar-refractivity contribution < 1.29 is 18.6 Å². The summed E-state index contributed by atoms with van der Waals surface area (Å²) in [4.78, 5) is 0. The van der Waals surface area contributed by atoms with E-state index in [2.05, 4.69) is 10.1 Å². The summed E-state index contributed by atoms with van der Waals surface area (Å²) < 4.78 is 28.9. The molecule has 3 nitrogen and oxygen atoms in total.